The van der Waals surface area contributed by atoms with E-state index in [1.807, 2.05) is 19.1 Å². The molecular weight excluding hydrogens is 202 g/mol. The van der Waals surface area contributed by atoms with Gasteiger partial charge in [0, 0.05) is 19.2 Å². The number of Topliss-reactive ketones (excluding diaryl/α,β-unsaturated/α-hetero) is 1. The highest BCUT2D eigenvalue weighted by atomic mass is 16.5. The molecule has 0 spiro atoms. The summed E-state index contributed by atoms with van der Waals surface area (Å²) in [4.78, 5) is 15.8. The molecule has 0 fully saturated rings. The fourth-order valence-electron chi connectivity index (χ4n) is 1.41. The highest BCUT2D eigenvalue weighted by Gasteiger charge is 2.09. The molecule has 88 valence electrons. The van der Waals surface area contributed by atoms with Crippen molar-refractivity contribution in [3.05, 3.63) is 29.6 Å². The van der Waals surface area contributed by atoms with E-state index in [0.29, 0.717) is 18.7 Å². The van der Waals surface area contributed by atoms with Crippen LogP contribution in [0.4, 0.5) is 0 Å². The van der Waals surface area contributed by atoms with Crippen LogP contribution in [0.5, 0.6) is 0 Å². The average Bonchev–Trinajstić information content (AvgIpc) is 2.29. The summed E-state index contributed by atoms with van der Waals surface area (Å²) in [7, 11) is 0. The van der Waals surface area contributed by atoms with Crippen molar-refractivity contribution < 1.29 is 9.53 Å². The lowest BCUT2D eigenvalue weighted by atomic mass is 10.1. The summed E-state index contributed by atoms with van der Waals surface area (Å²) in [5, 5.41) is 0. The van der Waals surface area contributed by atoms with Gasteiger partial charge in [-0.05, 0) is 25.0 Å². The summed E-state index contributed by atoms with van der Waals surface area (Å²) < 4.78 is 5.36. The van der Waals surface area contributed by atoms with Crippen LogP contribution in [0, 0.1) is 6.92 Å². The van der Waals surface area contributed by atoms with Crippen molar-refractivity contribution in [2.75, 3.05) is 13.2 Å². The molecule has 3 nitrogen and oxygen atoms in total. The lowest BCUT2D eigenvalue weighted by Crippen LogP contribution is -2.08. The average molecular weight is 221 g/mol. The number of carbonyl (C=O) groups is 1. The van der Waals surface area contributed by atoms with Gasteiger partial charge in [0.15, 0.2) is 5.78 Å². The minimum Gasteiger partial charge on any atom is -0.381 e. The number of ether oxygens (including phenoxy) is 1. The third-order valence-corrected chi connectivity index (χ3v) is 2.39. The molecule has 0 N–H and O–H groups in total. The minimum atomic E-state index is 0.0644. The normalized spacial score (nSPS) is 10.4. The predicted octanol–water partition coefficient (Wildman–Crippen LogP) is 2.78. The zero-order valence-corrected chi connectivity index (χ0v) is 10.0. The van der Waals surface area contributed by atoms with E-state index in [2.05, 4.69) is 11.9 Å². The highest BCUT2D eigenvalue weighted by Crippen LogP contribution is 2.06. The molecule has 1 aromatic rings. The van der Waals surface area contributed by atoms with E-state index in [1.54, 1.807) is 6.20 Å². The van der Waals surface area contributed by atoms with Gasteiger partial charge in [0.05, 0.1) is 6.61 Å². The molecule has 1 heterocycles. The molecule has 0 aliphatic carbocycles. The molecule has 1 aromatic heterocycles. The van der Waals surface area contributed by atoms with Gasteiger partial charge in [0.2, 0.25) is 0 Å². The maximum absolute atomic E-state index is 11.8. The molecule has 16 heavy (non-hydrogen) atoms. The fourth-order valence-corrected chi connectivity index (χ4v) is 1.41. The van der Waals surface area contributed by atoms with E-state index in [9.17, 15) is 4.79 Å². The summed E-state index contributed by atoms with van der Waals surface area (Å²) in [5.41, 5.74) is 1.50. The topological polar surface area (TPSA) is 39.2 Å². The van der Waals surface area contributed by atoms with Gasteiger partial charge in [-0.15, -0.1) is 0 Å². The molecule has 0 radical (unpaired) electrons. The molecule has 1 rings (SSSR count). The maximum Gasteiger partial charge on any atom is 0.183 e. The minimum absolute atomic E-state index is 0.0644. The van der Waals surface area contributed by atoms with Crippen LogP contribution < -0.4 is 0 Å². The van der Waals surface area contributed by atoms with Gasteiger partial charge >= 0.3 is 0 Å². The summed E-state index contributed by atoms with van der Waals surface area (Å²) >= 11 is 0. The Balaban J connectivity index is 2.33. The van der Waals surface area contributed by atoms with Crippen molar-refractivity contribution in [3.63, 3.8) is 0 Å². The molecule has 0 aliphatic rings. The first-order valence-corrected chi connectivity index (χ1v) is 5.78. The Kier molecular flexibility index (Phi) is 5.72. The van der Waals surface area contributed by atoms with Crippen molar-refractivity contribution in [3.8, 4) is 0 Å². The van der Waals surface area contributed by atoms with E-state index in [1.165, 1.54) is 0 Å². The van der Waals surface area contributed by atoms with Crippen molar-refractivity contribution in [2.45, 2.75) is 33.1 Å². The van der Waals surface area contributed by atoms with Gasteiger partial charge in [-0.1, -0.05) is 19.4 Å². The molecule has 0 aliphatic heterocycles. The molecule has 0 saturated heterocycles. The quantitative estimate of drug-likeness (QED) is 0.525. The first-order chi connectivity index (χ1) is 7.75. The van der Waals surface area contributed by atoms with E-state index in [-0.39, 0.29) is 5.78 Å². The van der Waals surface area contributed by atoms with Crippen molar-refractivity contribution in [1.29, 1.82) is 0 Å². The molecule has 0 amide bonds. The van der Waals surface area contributed by atoms with E-state index in [0.717, 1.165) is 25.0 Å². The molecule has 0 saturated carbocycles. The first kappa shape index (κ1) is 12.8. The van der Waals surface area contributed by atoms with Crippen molar-refractivity contribution >= 4 is 5.78 Å². The molecular formula is C13H19NO2. The Bertz CT molecular complexity index is 336. The zero-order valence-electron chi connectivity index (χ0n) is 10.0. The second kappa shape index (κ2) is 7.12. The lowest BCUT2D eigenvalue weighted by molar-refractivity contribution is 0.0868. The van der Waals surface area contributed by atoms with Crippen molar-refractivity contribution in [1.82, 2.24) is 4.98 Å². The Morgan fingerprint density at radius 1 is 1.44 bits per heavy atom. The van der Waals surface area contributed by atoms with Crippen LogP contribution in [0.2, 0.25) is 0 Å². The molecule has 3 heteroatoms. The Morgan fingerprint density at radius 3 is 2.94 bits per heavy atom. The third kappa shape index (κ3) is 4.11. The molecule has 0 atom stereocenters. The van der Waals surface area contributed by atoms with Crippen LogP contribution in [-0.4, -0.2) is 24.0 Å². The van der Waals surface area contributed by atoms with Gasteiger partial charge in [-0.2, -0.15) is 0 Å². The Hall–Kier alpha value is -1.22. The Morgan fingerprint density at radius 2 is 2.25 bits per heavy atom. The van der Waals surface area contributed by atoms with E-state index in [4.69, 9.17) is 4.74 Å². The third-order valence-electron chi connectivity index (χ3n) is 2.39. The monoisotopic (exact) mass is 221 g/mol. The number of rotatable bonds is 7. The fraction of sp³-hybridized carbons (Fsp3) is 0.538. The van der Waals surface area contributed by atoms with E-state index >= 15 is 0 Å². The summed E-state index contributed by atoms with van der Waals surface area (Å²) in [5.74, 6) is 0.0644. The number of aryl methyl sites for hydroxylation is 1. The second-order valence-corrected chi connectivity index (χ2v) is 3.81. The van der Waals surface area contributed by atoms with Gasteiger partial charge in [0.1, 0.15) is 5.69 Å². The van der Waals surface area contributed by atoms with Crippen LogP contribution in [0.25, 0.3) is 0 Å². The number of aromatic nitrogens is 1. The second-order valence-electron chi connectivity index (χ2n) is 3.81. The first-order valence-electron chi connectivity index (χ1n) is 5.78. The SMILES string of the molecule is CCCCOCCC(=O)c1ncccc1C. The van der Waals surface area contributed by atoms with Crippen LogP contribution in [0.15, 0.2) is 18.3 Å². The number of pyridine rings is 1. The smallest absolute Gasteiger partial charge is 0.183 e. The number of ketones is 1. The van der Waals surface area contributed by atoms with Crippen LogP contribution in [0.1, 0.15) is 42.2 Å². The summed E-state index contributed by atoms with van der Waals surface area (Å²) in [6, 6.07) is 3.74. The van der Waals surface area contributed by atoms with Gasteiger partial charge in [-0.25, -0.2) is 0 Å². The number of hydrogen-bond donors (Lipinski definition) is 0. The molecule has 0 bridgehead atoms. The number of carbonyl (C=O) groups excluding carboxylic acids is 1. The van der Waals surface area contributed by atoms with Crippen LogP contribution >= 0.6 is 0 Å². The standard InChI is InChI=1S/C13H19NO2/c1-3-4-9-16-10-7-12(15)13-11(2)6-5-8-14-13/h5-6,8H,3-4,7,9-10H2,1-2H3. The number of unbranched alkanes of at least 4 members (excludes halogenated alkanes) is 1. The number of hydrogen-bond acceptors (Lipinski definition) is 3. The zero-order chi connectivity index (χ0) is 11.8. The van der Waals surface area contributed by atoms with Crippen LogP contribution in [0.3, 0.4) is 0 Å². The predicted molar refractivity (Wildman–Crippen MR) is 63.6 cm³/mol. The summed E-state index contributed by atoms with van der Waals surface area (Å²) in [6.45, 7) is 5.25. The molecule has 0 aromatic carbocycles. The lowest BCUT2D eigenvalue weighted by Gasteiger charge is -2.04. The van der Waals surface area contributed by atoms with Crippen LogP contribution in [-0.2, 0) is 4.74 Å². The van der Waals surface area contributed by atoms with Gasteiger partial charge in [-0.3, -0.25) is 9.78 Å². The van der Waals surface area contributed by atoms with Gasteiger partial charge < -0.3 is 4.74 Å². The van der Waals surface area contributed by atoms with E-state index < -0.39 is 0 Å². The summed E-state index contributed by atoms with van der Waals surface area (Å²) in [6.07, 6.45) is 4.24. The van der Waals surface area contributed by atoms with Crippen molar-refractivity contribution in [2.24, 2.45) is 0 Å². The maximum atomic E-state index is 11.8. The number of nitrogens with zero attached hydrogens (tertiary/aromatic N) is 1. The molecule has 0 unspecified atom stereocenters. The largest absolute Gasteiger partial charge is 0.381 e. The Labute approximate surface area is 96.8 Å². The highest BCUT2D eigenvalue weighted by molar-refractivity contribution is 5.95. The van der Waals surface area contributed by atoms with Gasteiger partial charge in [0.25, 0.3) is 0 Å².